The number of carboxylic acids is 1. The monoisotopic (exact) mass is 319 g/mol. The van der Waals surface area contributed by atoms with Gasteiger partial charge in [-0.15, -0.1) is 0 Å². The van der Waals surface area contributed by atoms with Crippen molar-refractivity contribution in [3.8, 4) is 0 Å². The molecule has 120 valence electrons. The van der Waals surface area contributed by atoms with Crippen LogP contribution in [0.4, 0.5) is 5.69 Å². The molecule has 1 aromatic heterocycles. The summed E-state index contributed by atoms with van der Waals surface area (Å²) < 4.78 is 5.11. The molecule has 2 heterocycles. The minimum Gasteiger partial charge on any atom is -0.480 e. The average Bonchev–Trinajstić information content (AvgIpc) is 2.97. The number of morpholine rings is 1. The molecular weight excluding hydrogens is 306 g/mol. The van der Waals surface area contributed by atoms with Crippen molar-refractivity contribution in [1.82, 2.24) is 9.88 Å². The topological polar surface area (TPSA) is 126 Å². The molecule has 3 rings (SSSR count). The normalized spacial score (nSPS) is 18.1. The molecule has 1 fully saturated rings. The molecule has 9 nitrogen and oxygen atoms in total. The molecule has 1 aliphatic rings. The van der Waals surface area contributed by atoms with Crippen LogP contribution in [0.2, 0.25) is 0 Å². The molecule has 1 aromatic carbocycles. The number of carboxylic acid groups (broad SMARTS) is 1. The summed E-state index contributed by atoms with van der Waals surface area (Å²) in [4.78, 5) is 38.4. The molecule has 2 N–H and O–H groups in total. The number of benzene rings is 1. The predicted octanol–water partition coefficient (Wildman–Crippen LogP) is 1.00. The van der Waals surface area contributed by atoms with E-state index in [1.165, 1.54) is 29.3 Å². The van der Waals surface area contributed by atoms with E-state index in [4.69, 9.17) is 4.74 Å². The third-order valence-electron chi connectivity index (χ3n) is 3.78. The molecular formula is C14H13N3O6. The molecule has 2 aromatic rings. The smallest absolute Gasteiger partial charge is 0.328 e. The van der Waals surface area contributed by atoms with Crippen LogP contribution in [-0.4, -0.2) is 57.6 Å². The largest absolute Gasteiger partial charge is 0.480 e. The number of nitrogens with zero attached hydrogens (tertiary/aromatic N) is 2. The summed E-state index contributed by atoms with van der Waals surface area (Å²) >= 11 is 0. The van der Waals surface area contributed by atoms with E-state index in [9.17, 15) is 24.8 Å². The molecule has 1 unspecified atom stereocenters. The first-order valence-electron chi connectivity index (χ1n) is 6.86. The van der Waals surface area contributed by atoms with Crippen LogP contribution in [-0.2, 0) is 9.53 Å². The number of nitro benzene ring substituents is 1. The van der Waals surface area contributed by atoms with Crippen molar-refractivity contribution in [1.29, 1.82) is 0 Å². The van der Waals surface area contributed by atoms with Crippen molar-refractivity contribution in [3.63, 3.8) is 0 Å². The van der Waals surface area contributed by atoms with Crippen LogP contribution >= 0.6 is 0 Å². The van der Waals surface area contributed by atoms with Crippen molar-refractivity contribution >= 4 is 28.5 Å². The Bertz CT molecular complexity index is 799. The van der Waals surface area contributed by atoms with Gasteiger partial charge in [0.05, 0.1) is 23.7 Å². The van der Waals surface area contributed by atoms with E-state index < -0.39 is 22.8 Å². The van der Waals surface area contributed by atoms with Crippen LogP contribution in [0.15, 0.2) is 24.4 Å². The Morgan fingerprint density at radius 1 is 1.43 bits per heavy atom. The molecule has 0 aliphatic carbocycles. The van der Waals surface area contributed by atoms with Gasteiger partial charge >= 0.3 is 5.97 Å². The molecule has 1 amide bonds. The van der Waals surface area contributed by atoms with Crippen LogP contribution < -0.4 is 0 Å². The summed E-state index contributed by atoms with van der Waals surface area (Å²) in [6.07, 6.45) is 1.44. The summed E-state index contributed by atoms with van der Waals surface area (Å²) in [6.45, 7) is 0.318. The first-order chi connectivity index (χ1) is 11.0. The number of non-ortho nitro benzene ring substituents is 1. The number of amides is 1. The van der Waals surface area contributed by atoms with Gasteiger partial charge in [-0.3, -0.25) is 14.9 Å². The van der Waals surface area contributed by atoms with Gasteiger partial charge in [0.15, 0.2) is 6.04 Å². The zero-order chi connectivity index (χ0) is 16.6. The highest BCUT2D eigenvalue weighted by Gasteiger charge is 2.34. The highest BCUT2D eigenvalue weighted by atomic mass is 16.6. The van der Waals surface area contributed by atoms with Gasteiger partial charge in [-0.25, -0.2) is 4.79 Å². The predicted molar refractivity (Wildman–Crippen MR) is 78.2 cm³/mol. The lowest BCUT2D eigenvalue weighted by molar-refractivity contribution is -0.384. The number of hydrogen-bond acceptors (Lipinski definition) is 5. The van der Waals surface area contributed by atoms with Gasteiger partial charge in [0.25, 0.3) is 11.6 Å². The Kier molecular flexibility index (Phi) is 3.70. The molecule has 0 saturated carbocycles. The zero-order valence-electron chi connectivity index (χ0n) is 11.9. The summed E-state index contributed by atoms with van der Waals surface area (Å²) in [6, 6.07) is 3.08. The number of H-pyrrole nitrogens is 1. The Morgan fingerprint density at radius 3 is 2.91 bits per heavy atom. The fourth-order valence-electron chi connectivity index (χ4n) is 2.61. The van der Waals surface area contributed by atoms with Gasteiger partial charge in [0.2, 0.25) is 0 Å². The van der Waals surface area contributed by atoms with Gasteiger partial charge in [-0.1, -0.05) is 0 Å². The van der Waals surface area contributed by atoms with Gasteiger partial charge in [-0.2, -0.15) is 0 Å². The van der Waals surface area contributed by atoms with Crippen LogP contribution in [0.5, 0.6) is 0 Å². The van der Waals surface area contributed by atoms with Crippen molar-refractivity contribution in [2.45, 2.75) is 6.04 Å². The number of nitrogens with one attached hydrogen (secondary N) is 1. The second kappa shape index (κ2) is 5.69. The molecule has 0 bridgehead atoms. The number of rotatable bonds is 3. The summed E-state index contributed by atoms with van der Waals surface area (Å²) in [7, 11) is 0. The number of hydrogen-bond donors (Lipinski definition) is 2. The molecule has 1 saturated heterocycles. The van der Waals surface area contributed by atoms with Crippen molar-refractivity contribution in [3.05, 3.63) is 40.1 Å². The second-order valence-corrected chi connectivity index (χ2v) is 5.12. The van der Waals surface area contributed by atoms with Gasteiger partial charge in [-0.05, 0) is 6.07 Å². The van der Waals surface area contributed by atoms with Crippen LogP contribution in [0.25, 0.3) is 10.9 Å². The second-order valence-electron chi connectivity index (χ2n) is 5.12. The third kappa shape index (κ3) is 2.61. The highest BCUT2D eigenvalue weighted by Crippen LogP contribution is 2.25. The van der Waals surface area contributed by atoms with E-state index >= 15 is 0 Å². The van der Waals surface area contributed by atoms with Gasteiger partial charge in [0, 0.05) is 35.8 Å². The van der Waals surface area contributed by atoms with Gasteiger partial charge < -0.3 is 19.7 Å². The van der Waals surface area contributed by atoms with Gasteiger partial charge in [0.1, 0.15) is 0 Å². The number of carbonyl (C=O) groups excluding carboxylic acids is 1. The Morgan fingerprint density at radius 2 is 2.22 bits per heavy atom. The number of nitro groups is 1. The quantitative estimate of drug-likeness (QED) is 0.642. The molecule has 9 heteroatoms. The lowest BCUT2D eigenvalue weighted by Crippen LogP contribution is -2.52. The number of aromatic amines is 1. The molecule has 1 aliphatic heterocycles. The fraction of sp³-hybridized carbons (Fsp3) is 0.286. The van der Waals surface area contributed by atoms with Crippen molar-refractivity contribution in [2.75, 3.05) is 19.8 Å². The fourth-order valence-corrected chi connectivity index (χ4v) is 2.61. The maximum atomic E-state index is 12.7. The van der Waals surface area contributed by atoms with E-state index in [2.05, 4.69) is 4.98 Å². The summed E-state index contributed by atoms with van der Waals surface area (Å²) in [5, 5.41) is 20.5. The standard InChI is InChI=1S/C14H13N3O6/c18-13(16-3-4-23-7-12(16)14(19)20)10-6-15-11-2-1-8(17(21)22)5-9(10)11/h1-2,5-6,12,15H,3-4,7H2,(H,19,20). The summed E-state index contributed by atoms with van der Waals surface area (Å²) in [5.41, 5.74) is 0.638. The zero-order valence-corrected chi connectivity index (χ0v) is 11.9. The van der Waals surface area contributed by atoms with E-state index in [1.54, 1.807) is 0 Å². The minimum atomic E-state index is -1.15. The van der Waals surface area contributed by atoms with Crippen LogP contribution in [0.3, 0.4) is 0 Å². The van der Waals surface area contributed by atoms with E-state index in [0.717, 1.165) is 0 Å². The molecule has 0 spiro atoms. The third-order valence-corrected chi connectivity index (χ3v) is 3.78. The van der Waals surface area contributed by atoms with Crippen LogP contribution in [0, 0.1) is 10.1 Å². The first kappa shape index (κ1) is 15.0. The maximum Gasteiger partial charge on any atom is 0.328 e. The summed E-state index contributed by atoms with van der Waals surface area (Å²) in [5.74, 6) is -1.64. The van der Waals surface area contributed by atoms with Crippen LogP contribution in [0.1, 0.15) is 10.4 Å². The highest BCUT2D eigenvalue weighted by molar-refractivity contribution is 6.08. The molecule has 1 atom stereocenters. The Balaban J connectivity index is 2.01. The molecule has 0 radical (unpaired) electrons. The number of ether oxygens (including phenoxy) is 1. The number of aromatic nitrogens is 1. The number of fused-ring (bicyclic) bond motifs is 1. The Labute approximate surface area is 129 Å². The minimum absolute atomic E-state index is 0.0798. The maximum absolute atomic E-state index is 12.7. The number of carbonyl (C=O) groups is 2. The van der Waals surface area contributed by atoms with E-state index in [0.29, 0.717) is 10.9 Å². The van der Waals surface area contributed by atoms with E-state index in [-0.39, 0.29) is 31.0 Å². The SMILES string of the molecule is O=C(O)C1COCCN1C(=O)c1c[nH]c2ccc([N+](=O)[O-])cc12. The lowest BCUT2D eigenvalue weighted by Gasteiger charge is -2.32. The Hall–Kier alpha value is -2.94. The van der Waals surface area contributed by atoms with Crippen molar-refractivity contribution in [2.24, 2.45) is 0 Å². The number of aliphatic carboxylic acids is 1. The molecule has 23 heavy (non-hydrogen) atoms. The first-order valence-corrected chi connectivity index (χ1v) is 6.86. The lowest BCUT2D eigenvalue weighted by atomic mass is 10.1. The van der Waals surface area contributed by atoms with Crippen molar-refractivity contribution < 1.29 is 24.4 Å². The van der Waals surface area contributed by atoms with E-state index in [1.807, 2.05) is 0 Å². The average molecular weight is 319 g/mol.